The molecule has 5 N–H and O–H groups in total. The molecule has 0 saturated heterocycles. The molecule has 0 aromatic heterocycles. The Hall–Kier alpha value is -2.89. The molecule has 0 aromatic rings. The minimum atomic E-state index is -1.22. The van der Waals surface area contributed by atoms with Crippen LogP contribution in [0.1, 0.15) is 241 Å². The van der Waals surface area contributed by atoms with Gasteiger partial charge in [-0.1, -0.05) is 196 Å². The first-order chi connectivity index (χ1) is 33.9. The topological polar surface area (TPSA) is 239 Å². The number of esters is 4. The van der Waals surface area contributed by atoms with Gasteiger partial charge in [0.1, 0.15) is 31.1 Å². The molecule has 0 aromatic carbocycles. The fourth-order valence-corrected chi connectivity index (χ4v) is 7.79. The van der Waals surface area contributed by atoms with Gasteiger partial charge >= 0.3 is 53.4 Å². The van der Waals surface area contributed by atoms with Crippen molar-refractivity contribution in [3.63, 3.8) is 0 Å². The van der Waals surface area contributed by atoms with Gasteiger partial charge in [-0.25, -0.2) is 9.59 Å². The van der Waals surface area contributed by atoms with E-state index in [4.69, 9.17) is 29.0 Å². The zero-order chi connectivity index (χ0) is 52.6. The number of carbonyl (C=O) groups is 5. The van der Waals surface area contributed by atoms with Crippen LogP contribution in [0.15, 0.2) is 22.7 Å². The molecule has 2 aliphatic heterocycles. The molecule has 0 spiro atoms. The molecule has 0 aliphatic carbocycles. The molecule has 0 fully saturated rings. The Morgan fingerprint density at radius 3 is 1.18 bits per heavy atom. The molecule has 2 heterocycles. The third-order valence-electron chi connectivity index (χ3n) is 11.9. The van der Waals surface area contributed by atoms with Gasteiger partial charge in [0.15, 0.2) is 12.2 Å². The van der Waals surface area contributed by atoms with E-state index in [0.717, 1.165) is 51.4 Å². The second-order valence-electron chi connectivity index (χ2n) is 18.0. The first-order valence-corrected chi connectivity index (χ1v) is 27.4. The Morgan fingerprint density at radius 2 is 0.859 bits per heavy atom. The Balaban J connectivity index is -0.00000116. The van der Waals surface area contributed by atoms with Crippen molar-refractivity contribution in [2.45, 2.75) is 266 Å². The van der Waals surface area contributed by atoms with Gasteiger partial charge in [-0.05, 0) is 32.6 Å². The SMILES string of the molecule is CC.CCCCCCCCCCCCCCCC(=O)OC[C@H](O)[C@H]1OC(=O)C(C)=C1NCCC.CCCCCCCCCCCCCCCC(=O)OC[C@H](O)[C@H]1OC(=O)C(O)=C1NCCC.O=CO[O-].[Na+]. The van der Waals surface area contributed by atoms with E-state index in [9.17, 15) is 34.5 Å². The van der Waals surface area contributed by atoms with Crippen molar-refractivity contribution in [1.82, 2.24) is 10.6 Å². The van der Waals surface area contributed by atoms with Gasteiger partial charge in [-0.15, -0.1) is 0 Å². The van der Waals surface area contributed by atoms with E-state index >= 15 is 0 Å². The van der Waals surface area contributed by atoms with Crippen molar-refractivity contribution in [2.24, 2.45) is 0 Å². The van der Waals surface area contributed by atoms with E-state index < -0.39 is 42.1 Å². The number of nitrogens with one attached hydrogen (secondary N) is 2. The molecule has 17 heteroatoms. The summed E-state index contributed by atoms with van der Waals surface area (Å²) >= 11 is 0. The molecule has 0 amide bonds. The van der Waals surface area contributed by atoms with Gasteiger partial charge in [0.25, 0.3) is 6.47 Å². The first-order valence-electron chi connectivity index (χ1n) is 27.4. The monoisotopic (exact) mass is 1020 g/mol. The van der Waals surface area contributed by atoms with Gasteiger partial charge in [-0.2, -0.15) is 0 Å². The second-order valence-corrected chi connectivity index (χ2v) is 18.0. The smallest absolute Gasteiger partial charge is 0.662 e. The minimum absolute atomic E-state index is 0. The summed E-state index contributed by atoms with van der Waals surface area (Å²) in [6.45, 7) is 14.7. The van der Waals surface area contributed by atoms with Crippen LogP contribution in [-0.2, 0) is 47.8 Å². The Morgan fingerprint density at radius 1 is 0.563 bits per heavy atom. The number of cyclic esters (lactones) is 2. The molecule has 0 unspecified atom stereocenters. The molecule has 2 rings (SSSR count). The zero-order valence-electron chi connectivity index (χ0n) is 45.8. The number of rotatable bonds is 41. The maximum Gasteiger partial charge on any atom is 1.00 e. The van der Waals surface area contributed by atoms with E-state index in [-0.39, 0.29) is 66.9 Å². The molecule has 16 nitrogen and oxygen atoms in total. The van der Waals surface area contributed by atoms with Crippen LogP contribution in [0, 0.1) is 0 Å². The molecule has 2 aliphatic rings. The van der Waals surface area contributed by atoms with Crippen LogP contribution >= 0.6 is 0 Å². The summed E-state index contributed by atoms with van der Waals surface area (Å²) in [5, 5.41) is 44.9. The molecule has 71 heavy (non-hydrogen) atoms. The number of hydrogen-bond donors (Lipinski definition) is 5. The van der Waals surface area contributed by atoms with E-state index in [1.54, 1.807) is 6.92 Å². The van der Waals surface area contributed by atoms with Crippen molar-refractivity contribution in [2.75, 3.05) is 26.3 Å². The third kappa shape index (κ3) is 38.4. The summed E-state index contributed by atoms with van der Waals surface area (Å²) in [6.07, 6.45) is 30.8. The van der Waals surface area contributed by atoms with E-state index in [0.29, 0.717) is 37.2 Å². The predicted molar refractivity (Wildman–Crippen MR) is 272 cm³/mol. The third-order valence-corrected chi connectivity index (χ3v) is 11.9. The van der Waals surface area contributed by atoms with E-state index in [1.807, 2.05) is 27.7 Å². The predicted octanol–water partition coefficient (Wildman–Crippen LogP) is 7.10. The average Bonchev–Trinajstić information content (AvgIpc) is 3.82. The summed E-state index contributed by atoms with van der Waals surface area (Å²) in [5.41, 5.74) is 1.22. The molecule has 0 radical (unpaired) electrons. The van der Waals surface area contributed by atoms with Crippen LogP contribution in [0.2, 0.25) is 0 Å². The summed E-state index contributed by atoms with van der Waals surface area (Å²) in [6, 6.07) is 0. The number of aliphatic hydroxyl groups is 3. The quantitative estimate of drug-likeness (QED) is 0.00780. The maximum atomic E-state index is 12.0. The standard InChI is InChI=1S/C26H47NO5.C25H45NO6.C2H6.CH2O3.Na/c1-4-6-7-8-9-10-11-12-13-14-15-16-17-18-23(29)31-20-22(28)25-24(27-19-5-2)21(3)26(30)32-25;1-3-5-6-7-8-9-10-11-12-13-14-15-16-17-21(28)31-19-20(27)24-22(26-18-4-2)23(29)25(30)32-24;1-2;2-1-4-3;/h22,25,27-28H,4-20H2,1-3H3;20,24,26-27,29H,3-19H2,1-2H3;1-2H3;1,3H;/q;;;;+1/p-1/t22-,25+;20-,24+;;;/m00.../s1. The van der Waals surface area contributed by atoms with Gasteiger partial charge in [-0.3, -0.25) is 14.4 Å². The number of aliphatic hydroxyl groups excluding tert-OH is 3. The van der Waals surface area contributed by atoms with Crippen LogP contribution in [0.25, 0.3) is 0 Å². The number of unbranched alkanes of at least 4 members (excludes halogenated alkanes) is 24. The summed E-state index contributed by atoms with van der Waals surface area (Å²) in [5.74, 6) is -2.52. The van der Waals surface area contributed by atoms with Gasteiger partial charge in [0.05, 0.1) is 11.3 Å². The van der Waals surface area contributed by atoms with Crippen LogP contribution in [0.4, 0.5) is 0 Å². The molecular formula is C54H99N2NaO14. The van der Waals surface area contributed by atoms with Crippen molar-refractivity contribution >= 4 is 30.3 Å². The molecule has 0 saturated carbocycles. The molecular weight excluding hydrogens is 924 g/mol. The van der Waals surface area contributed by atoms with Gasteiger partial charge in [0.2, 0.25) is 5.76 Å². The molecule has 410 valence electrons. The minimum Gasteiger partial charge on any atom is -0.662 e. The number of ether oxygens (including phenoxy) is 4. The van der Waals surface area contributed by atoms with Crippen LogP contribution in [-0.4, -0.2) is 96.4 Å². The van der Waals surface area contributed by atoms with Crippen LogP contribution in [0.3, 0.4) is 0 Å². The summed E-state index contributed by atoms with van der Waals surface area (Å²) in [4.78, 5) is 58.5. The fourth-order valence-electron chi connectivity index (χ4n) is 7.79. The normalized spacial score (nSPS) is 15.6. The Kier molecular flexibility index (Phi) is 53.0. The first kappa shape index (κ1) is 72.4. The maximum absolute atomic E-state index is 12.0. The van der Waals surface area contributed by atoms with Crippen LogP contribution in [0.5, 0.6) is 0 Å². The van der Waals surface area contributed by atoms with Crippen molar-refractivity contribution in [1.29, 1.82) is 0 Å². The number of carbonyl (C=O) groups excluding carboxylic acids is 5. The van der Waals surface area contributed by atoms with Crippen molar-refractivity contribution in [3.8, 4) is 0 Å². The Bertz CT molecular complexity index is 1300. The van der Waals surface area contributed by atoms with E-state index in [1.165, 1.54) is 128 Å². The average molecular weight is 1020 g/mol. The largest absolute Gasteiger partial charge is 1.00 e. The summed E-state index contributed by atoms with van der Waals surface area (Å²) < 4.78 is 20.6. The van der Waals surface area contributed by atoms with E-state index in [2.05, 4.69) is 29.4 Å². The van der Waals surface area contributed by atoms with Crippen molar-refractivity contribution < 1.29 is 97.9 Å². The van der Waals surface area contributed by atoms with Crippen molar-refractivity contribution in [3.05, 3.63) is 22.7 Å². The summed E-state index contributed by atoms with van der Waals surface area (Å²) in [7, 11) is 0. The van der Waals surface area contributed by atoms with Gasteiger partial charge < -0.3 is 55.0 Å². The molecule has 4 atom stereocenters. The fraction of sp³-hybridized carbons (Fsp3) is 0.833. The zero-order valence-corrected chi connectivity index (χ0v) is 47.8. The molecule has 0 bridgehead atoms. The second kappa shape index (κ2) is 52.0. The van der Waals surface area contributed by atoms with Gasteiger partial charge in [0, 0.05) is 25.9 Å². The van der Waals surface area contributed by atoms with Crippen LogP contribution < -0.4 is 45.4 Å². The Labute approximate surface area is 451 Å². The number of hydrogen-bond acceptors (Lipinski definition) is 16.